The highest BCUT2D eigenvalue weighted by Crippen LogP contribution is 2.25. The third kappa shape index (κ3) is 4.20. The summed E-state index contributed by atoms with van der Waals surface area (Å²) in [4.78, 5) is 2.30. The maximum Gasteiger partial charge on any atom is 0.282 e. The van der Waals surface area contributed by atoms with Crippen molar-refractivity contribution in [3.8, 4) is 0 Å². The molecule has 2 aliphatic rings. The predicted octanol–water partition coefficient (Wildman–Crippen LogP) is 0.862. The molecule has 22 heavy (non-hydrogen) atoms. The van der Waals surface area contributed by atoms with Crippen molar-refractivity contribution >= 4 is 10.2 Å². The molecule has 2 rings (SSSR count). The van der Waals surface area contributed by atoms with Gasteiger partial charge in [0.15, 0.2) is 0 Å². The molecule has 2 fully saturated rings. The molecular formula is C15H31N3O3S. The highest BCUT2D eigenvalue weighted by molar-refractivity contribution is 7.86. The van der Waals surface area contributed by atoms with Crippen molar-refractivity contribution in [1.29, 1.82) is 0 Å². The van der Waals surface area contributed by atoms with Gasteiger partial charge in [-0.15, -0.1) is 0 Å². The van der Waals surface area contributed by atoms with Crippen LogP contribution in [0.25, 0.3) is 0 Å². The van der Waals surface area contributed by atoms with E-state index in [0.717, 1.165) is 19.5 Å². The maximum atomic E-state index is 12.8. The van der Waals surface area contributed by atoms with Gasteiger partial charge in [0.2, 0.25) is 0 Å². The predicted molar refractivity (Wildman–Crippen MR) is 87.9 cm³/mol. The summed E-state index contributed by atoms with van der Waals surface area (Å²) in [5.41, 5.74) is 0. The van der Waals surface area contributed by atoms with Crippen LogP contribution in [0.3, 0.4) is 0 Å². The van der Waals surface area contributed by atoms with Gasteiger partial charge in [-0.1, -0.05) is 13.8 Å². The van der Waals surface area contributed by atoms with Gasteiger partial charge in [0.25, 0.3) is 10.2 Å². The largest absolute Gasteiger partial charge is 0.383 e. The first kappa shape index (κ1) is 18.1. The molecule has 0 aromatic heterocycles. The molecule has 0 aromatic rings. The monoisotopic (exact) mass is 333 g/mol. The van der Waals surface area contributed by atoms with E-state index in [4.69, 9.17) is 4.74 Å². The molecule has 2 aliphatic heterocycles. The summed E-state index contributed by atoms with van der Waals surface area (Å²) >= 11 is 0. The average molecular weight is 333 g/mol. The van der Waals surface area contributed by atoms with E-state index < -0.39 is 10.2 Å². The zero-order valence-electron chi connectivity index (χ0n) is 14.4. The molecule has 2 heterocycles. The minimum absolute atomic E-state index is 0.338. The Morgan fingerprint density at radius 3 is 2.09 bits per heavy atom. The summed E-state index contributed by atoms with van der Waals surface area (Å²) in [6, 6.07) is 0.338. The minimum Gasteiger partial charge on any atom is -0.383 e. The van der Waals surface area contributed by atoms with E-state index in [-0.39, 0.29) is 0 Å². The van der Waals surface area contributed by atoms with Crippen molar-refractivity contribution in [2.24, 2.45) is 11.8 Å². The van der Waals surface area contributed by atoms with Crippen LogP contribution in [-0.2, 0) is 14.9 Å². The Kier molecular flexibility index (Phi) is 6.24. The lowest BCUT2D eigenvalue weighted by molar-refractivity contribution is 0.0743. The van der Waals surface area contributed by atoms with Gasteiger partial charge in [0, 0.05) is 52.4 Å². The number of piperidine rings is 1. The van der Waals surface area contributed by atoms with Crippen LogP contribution in [-0.4, -0.2) is 81.0 Å². The zero-order valence-corrected chi connectivity index (χ0v) is 15.2. The SMILES string of the molecule is COC[C@H](C)N1CCN(S(=O)(=O)N2C[C@@H](C)C[C@H](C)C2)CC1. The van der Waals surface area contributed by atoms with Crippen LogP contribution < -0.4 is 0 Å². The second-order valence-corrected chi connectivity index (χ2v) is 8.94. The Morgan fingerprint density at radius 2 is 1.59 bits per heavy atom. The highest BCUT2D eigenvalue weighted by Gasteiger charge is 2.36. The fourth-order valence-corrected chi connectivity index (χ4v) is 5.52. The average Bonchev–Trinajstić information content (AvgIpc) is 2.46. The second-order valence-electron chi connectivity index (χ2n) is 7.01. The normalized spacial score (nSPS) is 31.3. The molecule has 2 saturated heterocycles. The molecule has 0 N–H and O–H groups in total. The summed E-state index contributed by atoms with van der Waals surface area (Å²) in [6.07, 6.45) is 1.12. The van der Waals surface area contributed by atoms with Crippen molar-refractivity contribution in [2.75, 3.05) is 53.0 Å². The van der Waals surface area contributed by atoms with Crippen LogP contribution in [0, 0.1) is 11.8 Å². The number of hydrogen-bond donors (Lipinski definition) is 0. The van der Waals surface area contributed by atoms with Gasteiger partial charge < -0.3 is 4.74 Å². The molecule has 7 heteroatoms. The smallest absolute Gasteiger partial charge is 0.282 e. The van der Waals surface area contributed by atoms with Crippen molar-refractivity contribution in [3.05, 3.63) is 0 Å². The van der Waals surface area contributed by atoms with Crippen molar-refractivity contribution in [2.45, 2.75) is 33.2 Å². The molecule has 0 bridgehead atoms. The zero-order chi connectivity index (χ0) is 16.3. The highest BCUT2D eigenvalue weighted by atomic mass is 32.2. The van der Waals surface area contributed by atoms with Gasteiger partial charge in [-0.3, -0.25) is 4.90 Å². The second kappa shape index (κ2) is 7.57. The van der Waals surface area contributed by atoms with Gasteiger partial charge in [-0.05, 0) is 25.2 Å². The molecule has 0 aromatic carbocycles. The van der Waals surface area contributed by atoms with Gasteiger partial charge in [0.05, 0.1) is 6.61 Å². The van der Waals surface area contributed by atoms with Crippen molar-refractivity contribution < 1.29 is 13.2 Å². The van der Waals surface area contributed by atoms with E-state index in [1.165, 1.54) is 0 Å². The molecule has 0 saturated carbocycles. The van der Waals surface area contributed by atoms with E-state index >= 15 is 0 Å². The lowest BCUT2D eigenvalue weighted by Crippen LogP contribution is -2.56. The first-order chi connectivity index (χ1) is 10.3. The molecule has 0 unspecified atom stereocenters. The Balaban J connectivity index is 1.94. The summed E-state index contributed by atoms with van der Waals surface area (Å²) in [6.45, 7) is 11.1. The minimum atomic E-state index is -3.30. The van der Waals surface area contributed by atoms with E-state index in [0.29, 0.717) is 50.7 Å². The summed E-state index contributed by atoms with van der Waals surface area (Å²) in [5.74, 6) is 0.892. The molecule has 0 aliphatic carbocycles. The Bertz CT molecular complexity index is 439. The van der Waals surface area contributed by atoms with E-state index in [2.05, 4.69) is 25.7 Å². The van der Waals surface area contributed by atoms with Gasteiger partial charge in [0.1, 0.15) is 0 Å². The number of rotatable bonds is 5. The van der Waals surface area contributed by atoms with Crippen LogP contribution in [0.1, 0.15) is 27.2 Å². The van der Waals surface area contributed by atoms with Crippen LogP contribution in [0.4, 0.5) is 0 Å². The van der Waals surface area contributed by atoms with Crippen molar-refractivity contribution in [1.82, 2.24) is 13.5 Å². The summed E-state index contributed by atoms with van der Waals surface area (Å²) in [7, 11) is -1.60. The standard InChI is InChI=1S/C15H31N3O3S/c1-13-9-14(2)11-18(10-13)22(19,20)17-7-5-16(6-8-17)15(3)12-21-4/h13-15H,5-12H2,1-4H3/t13-,14-,15-/m0/s1. The number of methoxy groups -OCH3 is 1. The van der Waals surface area contributed by atoms with Gasteiger partial charge >= 0.3 is 0 Å². The van der Waals surface area contributed by atoms with Crippen LogP contribution in [0.5, 0.6) is 0 Å². The number of hydrogen-bond acceptors (Lipinski definition) is 4. The quantitative estimate of drug-likeness (QED) is 0.749. The Labute approximate surface area is 135 Å². The fourth-order valence-electron chi connectivity index (χ4n) is 3.68. The molecule has 0 amide bonds. The van der Waals surface area contributed by atoms with Crippen molar-refractivity contribution in [3.63, 3.8) is 0 Å². The molecular weight excluding hydrogens is 302 g/mol. The van der Waals surface area contributed by atoms with E-state index in [9.17, 15) is 8.42 Å². The molecule has 6 nitrogen and oxygen atoms in total. The first-order valence-corrected chi connectivity index (χ1v) is 9.72. The van der Waals surface area contributed by atoms with Crippen LogP contribution in [0.15, 0.2) is 0 Å². The van der Waals surface area contributed by atoms with E-state index in [1.807, 2.05) is 0 Å². The van der Waals surface area contributed by atoms with Crippen LogP contribution in [0.2, 0.25) is 0 Å². The number of nitrogens with zero attached hydrogens (tertiary/aromatic N) is 3. The third-order valence-electron chi connectivity index (χ3n) is 4.79. The topological polar surface area (TPSA) is 53.1 Å². The van der Waals surface area contributed by atoms with E-state index in [1.54, 1.807) is 15.7 Å². The molecule has 0 spiro atoms. The molecule has 0 radical (unpaired) electrons. The Hall–Kier alpha value is -0.210. The lowest BCUT2D eigenvalue weighted by atomic mass is 9.94. The summed E-state index contributed by atoms with van der Waals surface area (Å²) in [5, 5.41) is 0. The number of piperazine rings is 1. The first-order valence-electron chi connectivity index (χ1n) is 8.32. The number of ether oxygens (including phenoxy) is 1. The Morgan fingerprint density at radius 1 is 1.05 bits per heavy atom. The maximum absolute atomic E-state index is 12.8. The van der Waals surface area contributed by atoms with Gasteiger partial charge in [-0.2, -0.15) is 17.0 Å². The fraction of sp³-hybridized carbons (Fsp3) is 1.00. The molecule has 3 atom stereocenters. The van der Waals surface area contributed by atoms with Crippen LogP contribution >= 0.6 is 0 Å². The lowest BCUT2D eigenvalue weighted by Gasteiger charge is -2.41. The third-order valence-corrected chi connectivity index (χ3v) is 6.76. The summed E-state index contributed by atoms with van der Waals surface area (Å²) < 4.78 is 34.2. The van der Waals surface area contributed by atoms with Gasteiger partial charge in [-0.25, -0.2) is 0 Å². The molecule has 130 valence electrons.